The number of nitrogens with zero attached hydrogens (tertiary/aromatic N) is 1. The van der Waals surface area contributed by atoms with Crippen molar-refractivity contribution in [2.45, 2.75) is 239 Å². The average Bonchev–Trinajstić information content (AvgIpc) is 3.49. The van der Waals surface area contributed by atoms with Crippen molar-refractivity contribution < 1.29 is 4.57 Å². The summed E-state index contributed by atoms with van der Waals surface area (Å²) in [6, 6.07) is 0.620. The van der Waals surface area contributed by atoms with Gasteiger partial charge in [0, 0.05) is 0 Å². The van der Waals surface area contributed by atoms with Crippen LogP contribution in [-0.4, -0.2) is 4.98 Å². The van der Waals surface area contributed by atoms with Crippen LogP contribution in [0.15, 0.2) is 12.4 Å². The number of unbranched alkanes of at least 4 members (excludes halogenated alkanes) is 25. The summed E-state index contributed by atoms with van der Waals surface area (Å²) >= 11 is 0. The molecular weight excluding hydrogens is 508 g/mol. The van der Waals surface area contributed by atoms with E-state index in [4.69, 9.17) is 0 Å². The van der Waals surface area contributed by atoms with Crippen LogP contribution in [-0.2, 0) is 0 Å². The number of hydrogen-bond acceptors (Lipinski definition) is 0. The first kappa shape index (κ1) is 39.2. The number of nitrogens with one attached hydrogen (secondary N) is 1. The van der Waals surface area contributed by atoms with Crippen molar-refractivity contribution in [3.05, 3.63) is 18.2 Å². The van der Waals surface area contributed by atoms with E-state index in [0.29, 0.717) is 12.0 Å². The van der Waals surface area contributed by atoms with Crippen LogP contribution in [0.2, 0.25) is 0 Å². The van der Waals surface area contributed by atoms with Gasteiger partial charge >= 0.3 is 0 Å². The van der Waals surface area contributed by atoms with Gasteiger partial charge < -0.3 is 0 Å². The van der Waals surface area contributed by atoms with Gasteiger partial charge in [-0.15, -0.1) is 0 Å². The molecule has 0 aliphatic rings. The molecule has 2 unspecified atom stereocenters. The van der Waals surface area contributed by atoms with Gasteiger partial charge in [-0.2, -0.15) is 0 Å². The molecule has 42 heavy (non-hydrogen) atoms. The normalized spacial score (nSPS) is 13.1. The molecule has 0 radical (unpaired) electrons. The maximum Gasteiger partial charge on any atom is 0.257 e. The molecule has 1 aromatic heterocycles. The summed E-state index contributed by atoms with van der Waals surface area (Å²) in [5, 5.41) is 0. The summed E-state index contributed by atoms with van der Waals surface area (Å²) in [6.45, 7) is 9.42. The first-order valence-corrected chi connectivity index (χ1v) is 19.8. The maximum absolute atomic E-state index is 3.72. The SMILES string of the molecule is CCCCCCCCCCCCCCCCC(C)[n+]1cc[nH]c1C(CCCCC)CCCCCCCCCCCCC. The first-order chi connectivity index (χ1) is 20.7. The van der Waals surface area contributed by atoms with Gasteiger partial charge in [-0.1, -0.05) is 194 Å². The lowest BCUT2D eigenvalue weighted by molar-refractivity contribution is -0.727. The molecule has 2 heteroatoms. The fourth-order valence-electron chi connectivity index (χ4n) is 6.96. The van der Waals surface area contributed by atoms with Gasteiger partial charge in [0.15, 0.2) is 0 Å². The Hall–Kier alpha value is -0.790. The number of H-pyrrole nitrogens is 1. The Bertz CT molecular complexity index is 650. The average molecular weight is 588 g/mol. The highest BCUT2D eigenvalue weighted by Crippen LogP contribution is 2.27. The molecule has 0 amide bonds. The largest absolute Gasteiger partial charge is 0.257 e. The van der Waals surface area contributed by atoms with Gasteiger partial charge in [-0.25, -0.2) is 9.55 Å². The summed E-state index contributed by atoms with van der Waals surface area (Å²) in [6.07, 6.45) is 48.7. The minimum absolute atomic E-state index is 0.620. The molecule has 2 atom stereocenters. The molecule has 0 fully saturated rings. The lowest BCUT2D eigenvalue weighted by Crippen LogP contribution is -2.41. The Balaban J connectivity index is 2.23. The molecule has 0 aromatic carbocycles. The van der Waals surface area contributed by atoms with Crippen molar-refractivity contribution in [3.8, 4) is 0 Å². The van der Waals surface area contributed by atoms with Crippen LogP contribution in [0, 0.1) is 0 Å². The molecule has 0 aliphatic carbocycles. The van der Waals surface area contributed by atoms with Crippen LogP contribution in [0.5, 0.6) is 0 Å². The molecule has 1 heterocycles. The van der Waals surface area contributed by atoms with E-state index >= 15 is 0 Å². The van der Waals surface area contributed by atoms with E-state index in [2.05, 4.69) is 49.6 Å². The first-order valence-electron chi connectivity index (χ1n) is 19.8. The predicted molar refractivity (Wildman–Crippen MR) is 189 cm³/mol. The Morgan fingerprint density at radius 1 is 0.452 bits per heavy atom. The van der Waals surface area contributed by atoms with E-state index in [1.165, 1.54) is 205 Å². The minimum Gasteiger partial charge on any atom is -0.247 e. The Morgan fingerprint density at radius 3 is 1.17 bits per heavy atom. The van der Waals surface area contributed by atoms with Crippen molar-refractivity contribution in [1.29, 1.82) is 0 Å². The second kappa shape index (κ2) is 30.2. The Kier molecular flexibility index (Phi) is 28.3. The lowest BCUT2D eigenvalue weighted by atomic mass is 9.93. The van der Waals surface area contributed by atoms with Crippen LogP contribution >= 0.6 is 0 Å². The highest BCUT2D eigenvalue weighted by atomic mass is 15.1. The molecule has 0 saturated carbocycles. The van der Waals surface area contributed by atoms with Crippen LogP contribution in [0.3, 0.4) is 0 Å². The van der Waals surface area contributed by atoms with Gasteiger partial charge in [-0.3, -0.25) is 0 Å². The number of imidazole rings is 1. The third-order valence-corrected chi connectivity index (χ3v) is 9.89. The Labute approximate surface area is 266 Å². The topological polar surface area (TPSA) is 19.7 Å². The number of aromatic amines is 1. The van der Waals surface area contributed by atoms with Gasteiger partial charge in [-0.05, 0) is 32.6 Å². The van der Waals surface area contributed by atoms with E-state index in [0.717, 1.165) is 0 Å². The van der Waals surface area contributed by atoms with Crippen LogP contribution in [0.1, 0.15) is 245 Å². The van der Waals surface area contributed by atoms with Gasteiger partial charge in [0.25, 0.3) is 5.82 Å². The number of hydrogen-bond donors (Lipinski definition) is 1. The molecule has 0 bridgehead atoms. The molecule has 2 nitrogen and oxygen atoms in total. The van der Waals surface area contributed by atoms with E-state index in [9.17, 15) is 0 Å². The quantitative estimate of drug-likeness (QED) is 0.0623. The second-order valence-corrected chi connectivity index (χ2v) is 14.0. The van der Waals surface area contributed by atoms with Crippen molar-refractivity contribution in [1.82, 2.24) is 4.98 Å². The standard InChI is InChI=1S/C40H78N2/c1-5-8-11-13-15-17-19-20-21-23-24-26-28-31-33-38(4)42-37-36-41-40(42)39(34-30-10-7-3)35-32-29-27-25-22-18-16-14-12-9-6-2/h36-39H,5-35H2,1-4H3/p+1. The van der Waals surface area contributed by atoms with E-state index in [-0.39, 0.29) is 0 Å². The smallest absolute Gasteiger partial charge is 0.247 e. The highest BCUT2D eigenvalue weighted by molar-refractivity contribution is 4.90. The predicted octanol–water partition coefficient (Wildman–Crippen LogP) is 14.1. The molecule has 248 valence electrons. The molecular formula is C40H79N2+. The zero-order valence-corrected chi connectivity index (χ0v) is 29.7. The van der Waals surface area contributed by atoms with Crippen LogP contribution < -0.4 is 4.57 Å². The van der Waals surface area contributed by atoms with Gasteiger partial charge in [0.1, 0.15) is 12.4 Å². The molecule has 1 N–H and O–H groups in total. The summed E-state index contributed by atoms with van der Waals surface area (Å²) in [5.74, 6) is 2.24. The van der Waals surface area contributed by atoms with E-state index in [1.807, 2.05) is 0 Å². The third-order valence-electron chi connectivity index (χ3n) is 9.89. The van der Waals surface area contributed by atoms with Gasteiger partial charge in [0.05, 0.1) is 12.0 Å². The van der Waals surface area contributed by atoms with Crippen molar-refractivity contribution >= 4 is 0 Å². The van der Waals surface area contributed by atoms with Crippen molar-refractivity contribution in [2.75, 3.05) is 0 Å². The minimum atomic E-state index is 0.620. The van der Waals surface area contributed by atoms with E-state index < -0.39 is 0 Å². The third kappa shape index (κ3) is 21.8. The van der Waals surface area contributed by atoms with Crippen LogP contribution in [0.4, 0.5) is 0 Å². The number of aromatic nitrogens is 2. The fraction of sp³-hybridized carbons (Fsp3) is 0.925. The summed E-state index contributed by atoms with van der Waals surface area (Å²) < 4.78 is 2.62. The molecule has 1 rings (SSSR count). The van der Waals surface area contributed by atoms with Gasteiger partial charge in [0.2, 0.25) is 0 Å². The summed E-state index contributed by atoms with van der Waals surface area (Å²) in [7, 11) is 0. The zero-order chi connectivity index (χ0) is 30.4. The van der Waals surface area contributed by atoms with E-state index in [1.54, 1.807) is 0 Å². The summed E-state index contributed by atoms with van der Waals surface area (Å²) in [4.78, 5) is 3.72. The Morgan fingerprint density at radius 2 is 0.762 bits per heavy atom. The van der Waals surface area contributed by atoms with Crippen molar-refractivity contribution in [3.63, 3.8) is 0 Å². The second-order valence-electron chi connectivity index (χ2n) is 14.0. The van der Waals surface area contributed by atoms with Crippen molar-refractivity contribution in [2.24, 2.45) is 0 Å². The molecule has 0 aliphatic heterocycles. The van der Waals surface area contributed by atoms with Crippen LogP contribution in [0.25, 0.3) is 0 Å². The fourth-order valence-corrected chi connectivity index (χ4v) is 6.96. The molecule has 0 spiro atoms. The maximum atomic E-state index is 3.72. The monoisotopic (exact) mass is 588 g/mol. The lowest BCUT2D eigenvalue weighted by Gasteiger charge is -2.17. The highest BCUT2D eigenvalue weighted by Gasteiger charge is 2.25. The zero-order valence-electron chi connectivity index (χ0n) is 29.7. The molecule has 1 aromatic rings. The summed E-state index contributed by atoms with van der Waals surface area (Å²) in [5.41, 5.74) is 0. The molecule has 0 saturated heterocycles. The number of rotatable bonds is 33.